The Hall–Kier alpha value is -3.87. The number of halogens is 2. The number of rotatable bonds is 4. The average Bonchev–Trinajstić information content (AvgIpc) is 3.76. The molecule has 0 N–H and O–H groups in total. The largest absolute Gasteiger partial charge is 0.179 e. The van der Waals surface area contributed by atoms with Crippen molar-refractivity contribution in [3.05, 3.63) is 215 Å². The van der Waals surface area contributed by atoms with Gasteiger partial charge in [-0.1, -0.05) is 96.1 Å². The number of fused-ring (bicyclic) bond motifs is 3. The molecule has 0 aliphatic heterocycles. The molecule has 0 saturated heterocycles. The summed E-state index contributed by atoms with van der Waals surface area (Å²) in [6, 6.07) is 60.3. The summed E-state index contributed by atoms with van der Waals surface area (Å²) in [4.78, 5) is 0. The molecule has 0 fully saturated rings. The van der Waals surface area contributed by atoms with E-state index in [9.17, 15) is 0 Å². The summed E-state index contributed by atoms with van der Waals surface area (Å²) in [6.45, 7) is 0. The molecular formula is C43H32Cl2Zr-2. The summed E-state index contributed by atoms with van der Waals surface area (Å²) >= 11 is 1.46. The SMILES string of the molecule is [C-]1=CC(c2ccccc2)=C(c2ccccc2)C1.[Cl-].[Cl-].[Zr+2]=[C](c1ccccc1)c1ccccc1.[c-]1cccc2c1Cc1ccccc1-2. The molecule has 0 radical (unpaired) electrons. The second-order valence-electron chi connectivity index (χ2n) is 10.7. The maximum Gasteiger partial charge on any atom is -0.0253 e. The molecule has 0 spiro atoms. The molecule has 0 bridgehead atoms. The van der Waals surface area contributed by atoms with E-state index >= 15 is 0 Å². The molecule has 8 rings (SSSR count). The Morgan fingerprint density at radius 3 is 1.63 bits per heavy atom. The summed E-state index contributed by atoms with van der Waals surface area (Å²) in [5.74, 6) is 0. The monoisotopic (exact) mass is 708 g/mol. The van der Waals surface area contributed by atoms with Crippen LogP contribution in [-0.4, -0.2) is 3.21 Å². The number of hydrogen-bond donors (Lipinski definition) is 0. The van der Waals surface area contributed by atoms with Gasteiger partial charge in [-0.25, -0.2) is 6.08 Å². The predicted octanol–water partition coefficient (Wildman–Crippen LogP) is 4.23. The first-order valence-electron chi connectivity index (χ1n) is 15.0. The maximum absolute atomic E-state index is 3.32. The second kappa shape index (κ2) is 17.7. The zero-order valence-electron chi connectivity index (χ0n) is 25.3. The van der Waals surface area contributed by atoms with Crippen LogP contribution in [0.25, 0.3) is 22.3 Å². The Morgan fingerprint density at radius 2 is 1.02 bits per heavy atom. The van der Waals surface area contributed by atoms with Crippen molar-refractivity contribution in [3.63, 3.8) is 0 Å². The van der Waals surface area contributed by atoms with Gasteiger partial charge in [-0.15, -0.1) is 23.1 Å². The van der Waals surface area contributed by atoms with Crippen LogP contribution in [0.1, 0.15) is 39.8 Å². The Kier molecular flexibility index (Phi) is 13.5. The zero-order valence-corrected chi connectivity index (χ0v) is 29.3. The van der Waals surface area contributed by atoms with Gasteiger partial charge in [-0.05, 0) is 12.0 Å². The first kappa shape index (κ1) is 35.0. The molecule has 224 valence electrons. The van der Waals surface area contributed by atoms with E-state index in [0.717, 1.165) is 12.8 Å². The Bertz CT molecular complexity index is 1810. The molecule has 0 aromatic heterocycles. The normalized spacial score (nSPS) is 11.8. The van der Waals surface area contributed by atoms with E-state index in [-0.39, 0.29) is 24.8 Å². The van der Waals surface area contributed by atoms with Crippen LogP contribution in [0.5, 0.6) is 0 Å². The van der Waals surface area contributed by atoms with Gasteiger partial charge in [0, 0.05) is 0 Å². The van der Waals surface area contributed by atoms with E-state index in [4.69, 9.17) is 0 Å². The Labute approximate surface area is 300 Å². The van der Waals surface area contributed by atoms with Crippen LogP contribution in [0.3, 0.4) is 0 Å². The number of allylic oxidation sites excluding steroid dienone is 4. The Morgan fingerprint density at radius 1 is 0.522 bits per heavy atom. The van der Waals surface area contributed by atoms with Crippen molar-refractivity contribution in [1.29, 1.82) is 0 Å². The van der Waals surface area contributed by atoms with Gasteiger partial charge >= 0.3 is 99.2 Å². The van der Waals surface area contributed by atoms with Crippen molar-refractivity contribution in [1.82, 2.24) is 0 Å². The smallest absolute Gasteiger partial charge is 0.0253 e. The topological polar surface area (TPSA) is 0 Å². The minimum absolute atomic E-state index is 0. The van der Waals surface area contributed by atoms with Crippen molar-refractivity contribution >= 4 is 14.4 Å². The molecule has 6 aromatic carbocycles. The third kappa shape index (κ3) is 8.68. The minimum atomic E-state index is 0. The van der Waals surface area contributed by atoms with Crippen LogP contribution >= 0.6 is 0 Å². The fourth-order valence-corrected chi connectivity index (χ4v) is 6.40. The van der Waals surface area contributed by atoms with Gasteiger partial charge in [0.2, 0.25) is 0 Å². The van der Waals surface area contributed by atoms with Crippen LogP contribution in [0, 0.1) is 12.1 Å². The Balaban J connectivity index is 0.000000155. The summed E-state index contributed by atoms with van der Waals surface area (Å²) < 4.78 is 1.42. The van der Waals surface area contributed by atoms with Crippen molar-refractivity contribution in [3.8, 4) is 11.1 Å². The molecule has 0 heterocycles. The van der Waals surface area contributed by atoms with E-state index in [1.807, 2.05) is 6.07 Å². The van der Waals surface area contributed by atoms with Crippen LogP contribution < -0.4 is 24.8 Å². The molecule has 2 aliphatic carbocycles. The summed E-state index contributed by atoms with van der Waals surface area (Å²) in [5.41, 5.74) is 13.4. The first-order valence-corrected chi connectivity index (χ1v) is 16.2. The van der Waals surface area contributed by atoms with Crippen molar-refractivity contribution in [2.24, 2.45) is 0 Å². The van der Waals surface area contributed by atoms with E-state index in [0.29, 0.717) is 0 Å². The molecule has 0 unspecified atom stereocenters. The molecule has 0 amide bonds. The molecule has 0 nitrogen and oxygen atoms in total. The minimum Gasteiger partial charge on any atom is -0.179 e. The maximum atomic E-state index is 3.32. The van der Waals surface area contributed by atoms with Gasteiger partial charge in [-0.3, -0.25) is 6.08 Å². The van der Waals surface area contributed by atoms with E-state index in [1.165, 1.54) is 83.1 Å². The fourth-order valence-electron chi connectivity index (χ4n) is 5.58. The van der Waals surface area contributed by atoms with Gasteiger partial charge in [0.1, 0.15) is 0 Å². The summed E-state index contributed by atoms with van der Waals surface area (Å²) in [6.07, 6.45) is 7.39. The standard InChI is InChI=1S/C17H13.C13H9.C13H10.2ClH.Zr/c1-3-8-14(9-4-1)16-12-7-13-17(16)15-10-5-2-6-11-15;1-3-7-12-10(5-1)9-11-6-2-4-8-13(11)12;1-3-7-12(8-4-1)11-13-9-5-2-6-10-13;;;/h1-6,8-12H,13H2;1-5,7-8H,9H2;1-10H;2*1H;/q2*-1;;;;+2/p-2. The van der Waals surface area contributed by atoms with E-state index < -0.39 is 0 Å². The predicted molar refractivity (Wildman–Crippen MR) is 182 cm³/mol. The summed E-state index contributed by atoms with van der Waals surface area (Å²) in [7, 11) is 0. The second-order valence-corrected chi connectivity index (χ2v) is 11.9. The average molecular weight is 711 g/mol. The quantitative estimate of drug-likeness (QED) is 0.240. The van der Waals surface area contributed by atoms with Crippen LogP contribution in [0.2, 0.25) is 0 Å². The molecule has 3 heteroatoms. The molecule has 2 aliphatic rings. The van der Waals surface area contributed by atoms with E-state index in [1.54, 1.807) is 0 Å². The van der Waals surface area contributed by atoms with Gasteiger partial charge < -0.3 is 24.8 Å². The van der Waals surface area contributed by atoms with Gasteiger partial charge in [-0.2, -0.15) is 35.4 Å². The molecular weight excluding hydrogens is 679 g/mol. The van der Waals surface area contributed by atoms with Gasteiger partial charge in [0.15, 0.2) is 0 Å². The first-order chi connectivity index (χ1) is 21.8. The molecule has 6 aromatic rings. The van der Waals surface area contributed by atoms with Crippen LogP contribution in [-0.2, 0) is 30.7 Å². The zero-order chi connectivity index (χ0) is 30.0. The van der Waals surface area contributed by atoms with Crippen molar-refractivity contribution < 1.29 is 49.0 Å². The third-order valence-corrected chi connectivity index (χ3v) is 9.22. The fraction of sp³-hybridized carbons (Fsp3) is 0.0465. The van der Waals surface area contributed by atoms with Gasteiger partial charge in [0.25, 0.3) is 0 Å². The number of hydrogen-bond acceptors (Lipinski definition) is 0. The van der Waals surface area contributed by atoms with Crippen LogP contribution in [0.4, 0.5) is 0 Å². The third-order valence-electron chi connectivity index (χ3n) is 7.80. The van der Waals surface area contributed by atoms with Crippen molar-refractivity contribution in [2.75, 3.05) is 0 Å². The van der Waals surface area contributed by atoms with E-state index in [2.05, 4.69) is 176 Å². The molecule has 0 saturated carbocycles. The molecule has 0 atom stereocenters. The number of benzene rings is 6. The van der Waals surface area contributed by atoms with Crippen molar-refractivity contribution in [2.45, 2.75) is 12.8 Å². The van der Waals surface area contributed by atoms with Crippen LogP contribution in [0.15, 0.2) is 170 Å². The van der Waals surface area contributed by atoms with Gasteiger partial charge in [0.05, 0.1) is 0 Å². The molecule has 46 heavy (non-hydrogen) atoms. The summed E-state index contributed by atoms with van der Waals surface area (Å²) in [5, 5.41) is 0.